The molecule has 0 aromatic carbocycles. The average molecular weight is 318 g/mol. The number of amides is 1. The van der Waals surface area contributed by atoms with Crippen LogP contribution in [0.2, 0.25) is 0 Å². The summed E-state index contributed by atoms with van der Waals surface area (Å²) in [6, 6.07) is 3.74. The third-order valence-electron chi connectivity index (χ3n) is 4.05. The molecule has 2 heterocycles. The van der Waals surface area contributed by atoms with E-state index in [1.807, 2.05) is 37.5 Å². The summed E-state index contributed by atoms with van der Waals surface area (Å²) >= 11 is 0. The van der Waals surface area contributed by atoms with Gasteiger partial charge in [0.1, 0.15) is 5.76 Å². The fraction of sp³-hybridized carbons (Fsp3) is 0.529. The van der Waals surface area contributed by atoms with E-state index in [0.29, 0.717) is 17.9 Å². The Labute approximate surface area is 137 Å². The molecule has 0 saturated heterocycles. The number of carbonyl (C=O) groups is 1. The highest BCUT2D eigenvalue weighted by Crippen LogP contribution is 2.20. The van der Waals surface area contributed by atoms with E-state index in [0.717, 1.165) is 36.4 Å². The molecule has 3 N–H and O–H groups in total. The molecule has 2 rings (SSSR count). The molecular weight excluding hydrogens is 292 g/mol. The molecule has 2 aromatic heterocycles. The number of nitrogens with one attached hydrogen (secondary N) is 1. The molecule has 2 aromatic rings. The Morgan fingerprint density at radius 3 is 2.70 bits per heavy atom. The van der Waals surface area contributed by atoms with E-state index < -0.39 is 0 Å². The smallest absolute Gasteiger partial charge is 0.253 e. The van der Waals surface area contributed by atoms with Crippen LogP contribution in [0, 0.1) is 20.8 Å². The predicted molar refractivity (Wildman–Crippen MR) is 89.9 cm³/mol. The van der Waals surface area contributed by atoms with Crippen molar-refractivity contribution in [3.8, 4) is 5.82 Å². The van der Waals surface area contributed by atoms with E-state index in [1.54, 1.807) is 0 Å². The Hall–Kier alpha value is -2.08. The minimum Gasteiger partial charge on any atom is -0.360 e. The lowest BCUT2D eigenvalue weighted by atomic mass is 10.1. The van der Waals surface area contributed by atoms with Gasteiger partial charge in [0, 0.05) is 30.0 Å². The highest BCUT2D eigenvalue weighted by atomic mass is 16.5. The van der Waals surface area contributed by atoms with Crippen molar-refractivity contribution in [1.82, 2.24) is 15.0 Å². The largest absolute Gasteiger partial charge is 0.360 e. The van der Waals surface area contributed by atoms with E-state index >= 15 is 0 Å². The summed E-state index contributed by atoms with van der Waals surface area (Å²) in [5.74, 6) is 1.34. The number of aryl methyl sites for hydroxylation is 2. The number of nitrogens with zero attached hydrogens (tertiary/aromatic N) is 2. The SMILES string of the molecule is CCCCC(CN)NC(=O)c1cc(C)n(-c2cc(C)on2)c1C. The Balaban J connectivity index is 2.22. The van der Waals surface area contributed by atoms with Crippen LogP contribution < -0.4 is 11.1 Å². The van der Waals surface area contributed by atoms with Gasteiger partial charge in [-0.3, -0.25) is 9.36 Å². The zero-order valence-electron chi connectivity index (χ0n) is 14.3. The third-order valence-corrected chi connectivity index (χ3v) is 4.05. The number of unbranched alkanes of at least 4 members (excludes halogenated alkanes) is 1. The standard InChI is InChI=1S/C17H26N4O2/c1-5-6-7-14(10-18)19-17(22)15-8-11(2)21(13(15)4)16-9-12(3)23-20-16/h8-9,14H,5-7,10,18H2,1-4H3,(H,19,22). The van der Waals surface area contributed by atoms with Gasteiger partial charge in [-0.1, -0.05) is 24.9 Å². The van der Waals surface area contributed by atoms with E-state index in [4.69, 9.17) is 10.3 Å². The van der Waals surface area contributed by atoms with Gasteiger partial charge in [-0.15, -0.1) is 0 Å². The van der Waals surface area contributed by atoms with Gasteiger partial charge in [0.2, 0.25) is 0 Å². The van der Waals surface area contributed by atoms with E-state index in [2.05, 4.69) is 17.4 Å². The van der Waals surface area contributed by atoms with E-state index in [1.165, 1.54) is 0 Å². The molecular formula is C17H26N4O2. The molecule has 1 amide bonds. The minimum atomic E-state index is -0.0869. The van der Waals surface area contributed by atoms with E-state index in [9.17, 15) is 4.79 Å². The first-order valence-electron chi connectivity index (χ1n) is 8.11. The van der Waals surface area contributed by atoms with Crippen molar-refractivity contribution < 1.29 is 9.32 Å². The number of aromatic nitrogens is 2. The lowest BCUT2D eigenvalue weighted by molar-refractivity contribution is 0.0935. The third kappa shape index (κ3) is 3.82. The maximum Gasteiger partial charge on any atom is 0.253 e. The molecule has 1 atom stereocenters. The van der Waals surface area contributed by atoms with Crippen LogP contribution in [-0.2, 0) is 0 Å². The van der Waals surface area contributed by atoms with Crippen molar-refractivity contribution in [2.24, 2.45) is 5.73 Å². The number of rotatable bonds is 7. The van der Waals surface area contributed by atoms with Crippen molar-refractivity contribution in [2.75, 3.05) is 6.54 Å². The molecule has 1 unspecified atom stereocenters. The molecule has 0 radical (unpaired) electrons. The van der Waals surface area contributed by atoms with Crippen molar-refractivity contribution in [3.63, 3.8) is 0 Å². The summed E-state index contributed by atoms with van der Waals surface area (Å²) in [5, 5.41) is 7.07. The van der Waals surface area contributed by atoms with Crippen molar-refractivity contribution in [1.29, 1.82) is 0 Å². The van der Waals surface area contributed by atoms with Gasteiger partial charge in [0.15, 0.2) is 5.82 Å². The van der Waals surface area contributed by atoms with Crippen LogP contribution in [0.3, 0.4) is 0 Å². The topological polar surface area (TPSA) is 86.1 Å². The highest BCUT2D eigenvalue weighted by Gasteiger charge is 2.20. The van der Waals surface area contributed by atoms with Crippen LogP contribution in [0.4, 0.5) is 0 Å². The van der Waals surface area contributed by atoms with Crippen molar-refractivity contribution in [3.05, 3.63) is 34.8 Å². The lowest BCUT2D eigenvalue weighted by Crippen LogP contribution is -2.40. The Bertz CT molecular complexity index is 672. The van der Waals surface area contributed by atoms with Gasteiger partial charge in [0.05, 0.1) is 5.56 Å². The minimum absolute atomic E-state index is 0.0137. The summed E-state index contributed by atoms with van der Waals surface area (Å²) in [4.78, 5) is 12.6. The van der Waals surface area contributed by atoms with Crippen LogP contribution in [0.25, 0.3) is 5.82 Å². The Kier molecular flexibility index (Phi) is 5.60. The second-order valence-corrected chi connectivity index (χ2v) is 5.96. The second-order valence-electron chi connectivity index (χ2n) is 5.96. The van der Waals surface area contributed by atoms with Gasteiger partial charge in [-0.25, -0.2) is 0 Å². The second kappa shape index (κ2) is 7.46. The number of nitrogens with two attached hydrogens (primary N) is 1. The first-order valence-corrected chi connectivity index (χ1v) is 8.11. The molecule has 0 saturated carbocycles. The first-order chi connectivity index (χ1) is 11.0. The molecule has 126 valence electrons. The van der Waals surface area contributed by atoms with Gasteiger partial charge in [-0.2, -0.15) is 0 Å². The highest BCUT2D eigenvalue weighted by molar-refractivity contribution is 5.96. The summed E-state index contributed by atoms with van der Waals surface area (Å²) in [7, 11) is 0. The van der Waals surface area contributed by atoms with Crippen LogP contribution >= 0.6 is 0 Å². The molecule has 0 aliphatic carbocycles. The van der Waals surface area contributed by atoms with Crippen LogP contribution in [0.5, 0.6) is 0 Å². The fourth-order valence-corrected chi connectivity index (χ4v) is 2.77. The molecule has 0 bridgehead atoms. The summed E-state index contributed by atoms with van der Waals surface area (Å²) in [5.41, 5.74) is 8.21. The predicted octanol–water partition coefficient (Wildman–Crippen LogP) is 2.64. The molecule has 6 nitrogen and oxygen atoms in total. The average Bonchev–Trinajstić information content (AvgIpc) is 3.06. The molecule has 0 aliphatic heterocycles. The fourth-order valence-electron chi connectivity index (χ4n) is 2.77. The van der Waals surface area contributed by atoms with Crippen LogP contribution in [0.1, 0.15) is 53.7 Å². The van der Waals surface area contributed by atoms with Gasteiger partial charge in [0.25, 0.3) is 5.91 Å². The van der Waals surface area contributed by atoms with Gasteiger partial charge in [-0.05, 0) is 33.3 Å². The molecule has 0 fully saturated rings. The zero-order chi connectivity index (χ0) is 17.0. The van der Waals surface area contributed by atoms with Crippen LogP contribution in [-0.4, -0.2) is 28.2 Å². The Morgan fingerprint density at radius 1 is 1.39 bits per heavy atom. The molecule has 0 aliphatic rings. The van der Waals surface area contributed by atoms with Gasteiger partial charge >= 0.3 is 0 Å². The monoisotopic (exact) mass is 318 g/mol. The number of hydrogen-bond acceptors (Lipinski definition) is 4. The number of hydrogen-bond donors (Lipinski definition) is 2. The van der Waals surface area contributed by atoms with Crippen molar-refractivity contribution in [2.45, 2.75) is 53.0 Å². The summed E-state index contributed by atoms with van der Waals surface area (Å²) in [6.45, 7) is 8.29. The number of carbonyl (C=O) groups excluding carboxylic acids is 1. The Morgan fingerprint density at radius 2 is 2.13 bits per heavy atom. The zero-order valence-corrected chi connectivity index (χ0v) is 14.3. The lowest BCUT2D eigenvalue weighted by Gasteiger charge is -2.16. The maximum absolute atomic E-state index is 12.6. The summed E-state index contributed by atoms with van der Waals surface area (Å²) in [6.07, 6.45) is 3.05. The quantitative estimate of drug-likeness (QED) is 0.821. The normalized spacial score (nSPS) is 12.4. The van der Waals surface area contributed by atoms with Gasteiger partial charge < -0.3 is 15.6 Å². The van der Waals surface area contributed by atoms with E-state index in [-0.39, 0.29) is 11.9 Å². The molecule has 0 spiro atoms. The molecule has 23 heavy (non-hydrogen) atoms. The molecule has 6 heteroatoms. The maximum atomic E-state index is 12.6. The first kappa shape index (κ1) is 17.3. The summed E-state index contributed by atoms with van der Waals surface area (Å²) < 4.78 is 7.06. The van der Waals surface area contributed by atoms with Crippen LogP contribution in [0.15, 0.2) is 16.7 Å². The van der Waals surface area contributed by atoms with Crippen molar-refractivity contribution >= 4 is 5.91 Å².